The van der Waals surface area contributed by atoms with Crippen molar-refractivity contribution < 1.29 is 0 Å². The van der Waals surface area contributed by atoms with Crippen molar-refractivity contribution in [3.05, 3.63) is 28.2 Å². The van der Waals surface area contributed by atoms with Crippen LogP contribution < -0.4 is 4.90 Å². The average Bonchev–Trinajstić information content (AvgIpc) is 2.89. The molecule has 3 heteroatoms. The van der Waals surface area contributed by atoms with Crippen molar-refractivity contribution in [1.82, 2.24) is 0 Å². The van der Waals surface area contributed by atoms with Gasteiger partial charge < -0.3 is 4.90 Å². The van der Waals surface area contributed by atoms with Crippen LogP contribution in [-0.4, -0.2) is 12.6 Å². The van der Waals surface area contributed by atoms with Crippen LogP contribution in [-0.2, 0) is 5.88 Å². The van der Waals surface area contributed by atoms with Gasteiger partial charge in [0.2, 0.25) is 0 Å². The Labute approximate surface area is 130 Å². The normalized spacial score (nSPS) is 16.3. The fourth-order valence-electron chi connectivity index (χ4n) is 2.97. The number of nitrogens with zero attached hydrogens (tertiary/aromatic N) is 1. The van der Waals surface area contributed by atoms with Gasteiger partial charge in [-0.3, -0.25) is 0 Å². The number of hydrogen-bond donors (Lipinski definition) is 0. The lowest BCUT2D eigenvalue weighted by molar-refractivity contribution is 0.535. The lowest BCUT2D eigenvalue weighted by atomic mass is 10.1. The maximum atomic E-state index is 6.13. The maximum Gasteiger partial charge on any atom is 0.0494 e. The standard InChI is InChI=1S/C16H23BrClN/c1-12(2)11-19(15-5-3-4-6-15)16-9-14(17)8-7-13(16)10-18/h7-9,12,15H,3-6,10-11H2,1-2H3. The quantitative estimate of drug-likeness (QED) is 0.629. The first kappa shape index (κ1) is 15.2. The number of rotatable bonds is 5. The lowest BCUT2D eigenvalue weighted by Gasteiger charge is -2.34. The minimum Gasteiger partial charge on any atom is -0.368 e. The molecule has 1 aromatic rings. The molecule has 106 valence electrons. The summed E-state index contributed by atoms with van der Waals surface area (Å²) in [6, 6.07) is 7.16. The Morgan fingerprint density at radius 3 is 2.58 bits per heavy atom. The van der Waals surface area contributed by atoms with Gasteiger partial charge in [-0.1, -0.05) is 48.7 Å². The Morgan fingerprint density at radius 1 is 1.32 bits per heavy atom. The van der Waals surface area contributed by atoms with Crippen LogP contribution in [0.25, 0.3) is 0 Å². The summed E-state index contributed by atoms with van der Waals surface area (Å²) in [6.45, 7) is 5.70. The van der Waals surface area contributed by atoms with Gasteiger partial charge in [0.15, 0.2) is 0 Å². The van der Waals surface area contributed by atoms with E-state index in [4.69, 9.17) is 11.6 Å². The maximum absolute atomic E-state index is 6.13. The van der Waals surface area contributed by atoms with Gasteiger partial charge in [-0.05, 0) is 36.5 Å². The van der Waals surface area contributed by atoms with Crippen LogP contribution in [0.5, 0.6) is 0 Å². The minimum atomic E-state index is 0.587. The molecule has 0 atom stereocenters. The van der Waals surface area contributed by atoms with E-state index >= 15 is 0 Å². The SMILES string of the molecule is CC(C)CN(c1cc(Br)ccc1CCl)C1CCCC1. The van der Waals surface area contributed by atoms with Gasteiger partial charge >= 0.3 is 0 Å². The van der Waals surface area contributed by atoms with Crippen molar-refractivity contribution in [2.24, 2.45) is 5.92 Å². The molecule has 0 unspecified atom stereocenters. The van der Waals surface area contributed by atoms with E-state index in [2.05, 4.69) is 52.9 Å². The van der Waals surface area contributed by atoms with Gasteiger partial charge in [0.25, 0.3) is 0 Å². The molecule has 1 nitrogen and oxygen atoms in total. The van der Waals surface area contributed by atoms with E-state index in [1.54, 1.807) is 0 Å². The average molecular weight is 345 g/mol. The fraction of sp³-hybridized carbons (Fsp3) is 0.625. The van der Waals surface area contributed by atoms with E-state index in [-0.39, 0.29) is 0 Å². The Balaban J connectivity index is 2.32. The summed E-state index contributed by atoms with van der Waals surface area (Å²) in [5.41, 5.74) is 2.57. The van der Waals surface area contributed by atoms with E-state index in [0.29, 0.717) is 17.8 Å². The van der Waals surface area contributed by atoms with Crippen molar-refractivity contribution in [2.45, 2.75) is 51.5 Å². The molecule has 19 heavy (non-hydrogen) atoms. The second-order valence-electron chi connectivity index (χ2n) is 5.89. The highest BCUT2D eigenvalue weighted by Gasteiger charge is 2.25. The summed E-state index contributed by atoms with van der Waals surface area (Å²) >= 11 is 9.73. The number of benzene rings is 1. The Hall–Kier alpha value is -0.210. The van der Waals surface area contributed by atoms with Crippen molar-refractivity contribution in [2.75, 3.05) is 11.4 Å². The molecular weight excluding hydrogens is 322 g/mol. The van der Waals surface area contributed by atoms with Crippen LogP contribution >= 0.6 is 27.5 Å². The van der Waals surface area contributed by atoms with E-state index in [0.717, 1.165) is 11.0 Å². The van der Waals surface area contributed by atoms with Crippen molar-refractivity contribution >= 4 is 33.2 Å². The molecule has 1 saturated carbocycles. The van der Waals surface area contributed by atoms with Crippen molar-refractivity contribution in [1.29, 1.82) is 0 Å². The predicted molar refractivity (Wildman–Crippen MR) is 88.1 cm³/mol. The molecule has 1 aliphatic carbocycles. The number of halogens is 2. The fourth-order valence-corrected chi connectivity index (χ4v) is 3.55. The summed E-state index contributed by atoms with van der Waals surface area (Å²) in [5, 5.41) is 0. The van der Waals surface area contributed by atoms with E-state index in [1.807, 2.05) is 0 Å². The van der Waals surface area contributed by atoms with Crippen molar-refractivity contribution in [3.63, 3.8) is 0 Å². The smallest absolute Gasteiger partial charge is 0.0494 e. The summed E-state index contributed by atoms with van der Waals surface area (Å²) in [6.07, 6.45) is 5.37. The molecule has 1 aliphatic rings. The molecule has 0 radical (unpaired) electrons. The molecule has 0 amide bonds. The summed E-state index contributed by atoms with van der Waals surface area (Å²) in [7, 11) is 0. The second kappa shape index (κ2) is 6.99. The molecule has 0 saturated heterocycles. The highest BCUT2D eigenvalue weighted by Crippen LogP contribution is 2.33. The van der Waals surface area contributed by atoms with Gasteiger partial charge in [0, 0.05) is 28.6 Å². The van der Waals surface area contributed by atoms with E-state index in [1.165, 1.54) is 36.9 Å². The molecule has 0 bridgehead atoms. The number of hydrogen-bond acceptors (Lipinski definition) is 1. The second-order valence-corrected chi connectivity index (χ2v) is 7.07. The molecule has 0 aromatic heterocycles. The molecule has 0 aliphatic heterocycles. The molecule has 1 aromatic carbocycles. The third kappa shape index (κ3) is 3.88. The van der Waals surface area contributed by atoms with Crippen LogP contribution in [0.15, 0.2) is 22.7 Å². The lowest BCUT2D eigenvalue weighted by Crippen LogP contribution is -2.36. The van der Waals surface area contributed by atoms with Gasteiger partial charge in [-0.25, -0.2) is 0 Å². The predicted octanol–water partition coefficient (Wildman–Crippen LogP) is 5.59. The Bertz CT molecular complexity index is 413. The summed E-state index contributed by atoms with van der Waals surface area (Å²) < 4.78 is 1.14. The van der Waals surface area contributed by atoms with Crippen LogP contribution in [0.1, 0.15) is 45.1 Å². The zero-order valence-corrected chi connectivity index (χ0v) is 14.2. The zero-order chi connectivity index (χ0) is 13.8. The highest BCUT2D eigenvalue weighted by atomic mass is 79.9. The van der Waals surface area contributed by atoms with Gasteiger partial charge in [-0.2, -0.15) is 0 Å². The summed E-state index contributed by atoms with van der Waals surface area (Å²) in [5.74, 6) is 1.26. The number of anilines is 1. The van der Waals surface area contributed by atoms with E-state index < -0.39 is 0 Å². The number of alkyl halides is 1. The largest absolute Gasteiger partial charge is 0.368 e. The van der Waals surface area contributed by atoms with Crippen LogP contribution in [0.3, 0.4) is 0 Å². The molecule has 1 fully saturated rings. The van der Waals surface area contributed by atoms with Gasteiger partial charge in [0.05, 0.1) is 0 Å². The summed E-state index contributed by atoms with van der Waals surface area (Å²) in [4.78, 5) is 2.60. The molecule has 2 rings (SSSR count). The molecular formula is C16H23BrClN. The Kier molecular flexibility index (Phi) is 5.58. The first-order valence-electron chi connectivity index (χ1n) is 7.23. The highest BCUT2D eigenvalue weighted by molar-refractivity contribution is 9.10. The first-order chi connectivity index (χ1) is 9.11. The third-order valence-corrected chi connectivity index (χ3v) is 4.61. The zero-order valence-electron chi connectivity index (χ0n) is 11.8. The van der Waals surface area contributed by atoms with Gasteiger partial charge in [0.1, 0.15) is 0 Å². The van der Waals surface area contributed by atoms with Crippen LogP contribution in [0, 0.1) is 5.92 Å². The molecule has 0 spiro atoms. The van der Waals surface area contributed by atoms with E-state index in [9.17, 15) is 0 Å². The minimum absolute atomic E-state index is 0.587. The first-order valence-corrected chi connectivity index (χ1v) is 8.55. The van der Waals surface area contributed by atoms with Crippen LogP contribution in [0.4, 0.5) is 5.69 Å². The topological polar surface area (TPSA) is 3.24 Å². The molecule has 0 heterocycles. The van der Waals surface area contributed by atoms with Crippen molar-refractivity contribution in [3.8, 4) is 0 Å². The van der Waals surface area contributed by atoms with Crippen LogP contribution in [0.2, 0.25) is 0 Å². The molecule has 0 N–H and O–H groups in total. The Morgan fingerprint density at radius 2 is 2.00 bits per heavy atom. The monoisotopic (exact) mass is 343 g/mol. The van der Waals surface area contributed by atoms with Gasteiger partial charge in [-0.15, -0.1) is 11.6 Å². The third-order valence-electron chi connectivity index (χ3n) is 3.83.